The van der Waals surface area contributed by atoms with Crippen LogP contribution < -0.4 is 14.8 Å². The summed E-state index contributed by atoms with van der Waals surface area (Å²) >= 11 is 0. The number of carbonyl (C=O) groups excluding carboxylic acids is 1. The molecule has 1 saturated carbocycles. The van der Waals surface area contributed by atoms with Crippen molar-refractivity contribution in [1.29, 1.82) is 0 Å². The lowest BCUT2D eigenvalue weighted by Gasteiger charge is -2.14. The van der Waals surface area contributed by atoms with E-state index in [0.29, 0.717) is 6.61 Å². The summed E-state index contributed by atoms with van der Waals surface area (Å²) < 4.78 is 13.4. The fraction of sp³-hybridized carbons (Fsp3) is 0.364. The summed E-state index contributed by atoms with van der Waals surface area (Å²) in [4.78, 5) is 11.0. The predicted molar refractivity (Wildman–Crippen MR) is 108 cm³/mol. The highest BCUT2D eigenvalue weighted by Crippen LogP contribution is 2.30. The third-order valence-electron chi connectivity index (χ3n) is 4.71. The summed E-state index contributed by atoms with van der Waals surface area (Å²) in [6.45, 7) is 4.64. The summed E-state index contributed by atoms with van der Waals surface area (Å²) in [5.74, 6) is 2.31. The molecule has 1 aliphatic carbocycles. The van der Waals surface area contributed by atoms with Gasteiger partial charge in [0, 0.05) is 24.6 Å². The standard InChI is InChI=1S/C22H25N3O3/c1-15(23-16(2)26)13-27-20-9-6-19(7-10-20)25-12-18-5-8-21(11-22(18)24-25)28-14-17-3-4-17/h5-12,15,17H,3-4,13-14H2,1-2H3,(H,23,26)/t15-/m0/s1. The maximum atomic E-state index is 11.0. The van der Waals surface area contributed by atoms with Gasteiger partial charge in [0.2, 0.25) is 5.91 Å². The SMILES string of the molecule is CC(=O)N[C@@H](C)COc1ccc(-n2cc3ccc(OCC4CC4)cc3n2)cc1. The zero-order chi connectivity index (χ0) is 19.5. The fourth-order valence-corrected chi connectivity index (χ4v) is 3.02. The van der Waals surface area contributed by atoms with Gasteiger partial charge in [0.05, 0.1) is 23.9 Å². The minimum Gasteiger partial charge on any atom is -0.493 e. The molecule has 1 atom stereocenters. The number of nitrogens with zero attached hydrogens (tertiary/aromatic N) is 2. The van der Waals surface area contributed by atoms with Crippen molar-refractivity contribution in [2.45, 2.75) is 32.7 Å². The molecule has 3 aromatic rings. The first-order valence-electron chi connectivity index (χ1n) is 9.69. The second kappa shape index (κ2) is 7.92. The Bertz CT molecular complexity index is 961. The lowest BCUT2D eigenvalue weighted by Crippen LogP contribution is -2.35. The van der Waals surface area contributed by atoms with E-state index in [-0.39, 0.29) is 11.9 Å². The van der Waals surface area contributed by atoms with Crippen molar-refractivity contribution in [2.75, 3.05) is 13.2 Å². The van der Waals surface area contributed by atoms with Gasteiger partial charge in [-0.15, -0.1) is 0 Å². The van der Waals surface area contributed by atoms with Crippen molar-refractivity contribution in [2.24, 2.45) is 5.92 Å². The van der Waals surface area contributed by atoms with Crippen molar-refractivity contribution in [3.8, 4) is 17.2 Å². The summed E-state index contributed by atoms with van der Waals surface area (Å²) in [5.41, 5.74) is 1.87. The number of benzene rings is 2. The van der Waals surface area contributed by atoms with Crippen molar-refractivity contribution < 1.29 is 14.3 Å². The number of aromatic nitrogens is 2. The highest BCUT2D eigenvalue weighted by molar-refractivity contribution is 5.80. The Balaban J connectivity index is 1.41. The topological polar surface area (TPSA) is 65.4 Å². The smallest absolute Gasteiger partial charge is 0.217 e. The Morgan fingerprint density at radius 1 is 1.18 bits per heavy atom. The quantitative estimate of drug-likeness (QED) is 0.648. The van der Waals surface area contributed by atoms with Gasteiger partial charge < -0.3 is 14.8 Å². The van der Waals surface area contributed by atoms with Crippen molar-refractivity contribution in [3.63, 3.8) is 0 Å². The highest BCUT2D eigenvalue weighted by atomic mass is 16.5. The molecular weight excluding hydrogens is 354 g/mol. The van der Waals surface area contributed by atoms with Crippen molar-refractivity contribution in [1.82, 2.24) is 15.1 Å². The molecule has 1 heterocycles. The molecule has 4 rings (SSSR count). The van der Waals surface area contributed by atoms with Crippen LogP contribution in [-0.4, -0.2) is 34.9 Å². The third kappa shape index (κ3) is 4.63. The molecule has 1 amide bonds. The van der Waals surface area contributed by atoms with Gasteiger partial charge in [-0.25, -0.2) is 4.68 Å². The first kappa shape index (κ1) is 18.3. The van der Waals surface area contributed by atoms with Gasteiger partial charge in [-0.05, 0) is 62.1 Å². The van der Waals surface area contributed by atoms with Gasteiger partial charge >= 0.3 is 0 Å². The number of nitrogens with one attached hydrogen (secondary N) is 1. The van der Waals surface area contributed by atoms with Gasteiger partial charge in [0.25, 0.3) is 0 Å². The van der Waals surface area contributed by atoms with E-state index in [9.17, 15) is 4.79 Å². The largest absolute Gasteiger partial charge is 0.493 e. The molecule has 146 valence electrons. The van der Waals surface area contributed by atoms with Gasteiger partial charge in [-0.1, -0.05) is 0 Å². The van der Waals surface area contributed by atoms with Gasteiger partial charge in [-0.2, -0.15) is 5.10 Å². The minimum atomic E-state index is -0.0571. The van der Waals surface area contributed by atoms with Crippen LogP contribution >= 0.6 is 0 Å². The zero-order valence-electron chi connectivity index (χ0n) is 16.2. The first-order valence-corrected chi connectivity index (χ1v) is 9.69. The average Bonchev–Trinajstić information content (AvgIpc) is 3.41. The van der Waals surface area contributed by atoms with E-state index < -0.39 is 0 Å². The van der Waals surface area contributed by atoms with Gasteiger partial charge in [0.1, 0.15) is 18.1 Å². The number of carbonyl (C=O) groups is 1. The lowest BCUT2D eigenvalue weighted by atomic mass is 10.2. The third-order valence-corrected chi connectivity index (χ3v) is 4.71. The number of hydrogen-bond acceptors (Lipinski definition) is 4. The predicted octanol–water partition coefficient (Wildman–Crippen LogP) is 3.72. The van der Waals surface area contributed by atoms with Crippen LogP contribution in [0.5, 0.6) is 11.5 Å². The lowest BCUT2D eigenvalue weighted by molar-refractivity contribution is -0.119. The molecule has 0 unspecified atom stereocenters. The van der Waals surface area contributed by atoms with Crippen LogP contribution in [0.2, 0.25) is 0 Å². The van der Waals surface area contributed by atoms with Gasteiger partial charge in [-0.3, -0.25) is 4.79 Å². The molecule has 2 aromatic carbocycles. The molecule has 0 bridgehead atoms. The normalized spacial score (nSPS) is 14.6. The number of rotatable bonds is 8. The molecular formula is C22H25N3O3. The highest BCUT2D eigenvalue weighted by Gasteiger charge is 2.21. The maximum absolute atomic E-state index is 11.0. The van der Waals surface area contributed by atoms with E-state index in [4.69, 9.17) is 9.47 Å². The van der Waals surface area contributed by atoms with Crippen LogP contribution in [0.3, 0.4) is 0 Å². The van der Waals surface area contributed by atoms with Crippen LogP contribution in [-0.2, 0) is 4.79 Å². The van der Waals surface area contributed by atoms with Crippen LogP contribution in [0, 0.1) is 5.92 Å². The summed E-state index contributed by atoms with van der Waals surface area (Å²) in [6.07, 6.45) is 4.57. The first-order chi connectivity index (χ1) is 13.6. The summed E-state index contributed by atoms with van der Waals surface area (Å²) in [6, 6.07) is 13.8. The fourth-order valence-electron chi connectivity index (χ4n) is 3.02. The van der Waals surface area contributed by atoms with Crippen LogP contribution in [0.1, 0.15) is 26.7 Å². The Morgan fingerprint density at radius 3 is 2.64 bits per heavy atom. The zero-order valence-corrected chi connectivity index (χ0v) is 16.2. The maximum Gasteiger partial charge on any atom is 0.217 e. The molecule has 1 aromatic heterocycles. The van der Waals surface area contributed by atoms with Crippen molar-refractivity contribution in [3.05, 3.63) is 48.7 Å². The molecule has 1 N–H and O–H groups in total. The molecule has 1 fully saturated rings. The molecule has 6 heteroatoms. The molecule has 0 saturated heterocycles. The minimum absolute atomic E-state index is 0.0371. The molecule has 0 spiro atoms. The Hall–Kier alpha value is -3.02. The average molecular weight is 379 g/mol. The van der Waals surface area contributed by atoms with Crippen LogP contribution in [0.4, 0.5) is 0 Å². The Labute approximate surface area is 164 Å². The summed E-state index contributed by atoms with van der Waals surface area (Å²) in [7, 11) is 0. The summed E-state index contributed by atoms with van der Waals surface area (Å²) in [5, 5.41) is 8.54. The number of ether oxygens (including phenoxy) is 2. The number of hydrogen-bond donors (Lipinski definition) is 1. The van der Waals surface area contributed by atoms with Crippen LogP contribution in [0.15, 0.2) is 48.7 Å². The second-order valence-corrected chi connectivity index (χ2v) is 7.46. The molecule has 0 aliphatic heterocycles. The van der Waals surface area contributed by atoms with E-state index in [1.807, 2.05) is 60.3 Å². The number of amides is 1. The van der Waals surface area contributed by atoms with E-state index >= 15 is 0 Å². The molecule has 1 aliphatic rings. The van der Waals surface area contributed by atoms with Crippen LogP contribution in [0.25, 0.3) is 16.6 Å². The van der Waals surface area contributed by atoms with E-state index in [1.165, 1.54) is 19.8 Å². The second-order valence-electron chi connectivity index (χ2n) is 7.46. The monoisotopic (exact) mass is 379 g/mol. The Morgan fingerprint density at radius 2 is 1.93 bits per heavy atom. The molecule has 28 heavy (non-hydrogen) atoms. The van der Waals surface area contributed by atoms with Gasteiger partial charge in [0.15, 0.2) is 0 Å². The number of fused-ring (bicyclic) bond motifs is 1. The van der Waals surface area contributed by atoms with Crippen molar-refractivity contribution >= 4 is 16.8 Å². The molecule has 6 nitrogen and oxygen atoms in total. The van der Waals surface area contributed by atoms with E-state index in [2.05, 4.69) is 10.4 Å². The Kier molecular flexibility index (Phi) is 5.19. The van der Waals surface area contributed by atoms with E-state index in [0.717, 1.165) is 40.6 Å². The van der Waals surface area contributed by atoms with E-state index in [1.54, 1.807) is 0 Å². The molecule has 0 radical (unpaired) electrons.